The van der Waals surface area contributed by atoms with Gasteiger partial charge in [0.2, 0.25) is 0 Å². The smallest absolute Gasteiger partial charge is 0.320 e. The number of benzene rings is 1. The molecule has 2 amide bonds. The van der Waals surface area contributed by atoms with E-state index in [1.54, 1.807) is 0 Å². The fourth-order valence-electron chi connectivity index (χ4n) is 6.41. The van der Waals surface area contributed by atoms with Crippen molar-refractivity contribution >= 4 is 14.3 Å². The van der Waals surface area contributed by atoms with Crippen LogP contribution in [-0.2, 0) is 23.9 Å². The van der Waals surface area contributed by atoms with Crippen LogP contribution >= 0.6 is 0 Å². The molecule has 0 radical (unpaired) electrons. The lowest BCUT2D eigenvalue weighted by molar-refractivity contribution is 0.0878. The zero-order chi connectivity index (χ0) is 30.6. The van der Waals surface area contributed by atoms with E-state index in [1.165, 1.54) is 16.7 Å². The molecular formula is C34H50N6O2Si. The number of hydrogen-bond donors (Lipinski definition) is 0. The Hall–Kier alpha value is -2.77. The summed E-state index contributed by atoms with van der Waals surface area (Å²) < 4.78 is 7.00. The first kappa shape index (κ1) is 31.6. The molecule has 2 aromatic rings. The van der Waals surface area contributed by atoms with Crippen molar-refractivity contribution in [3.63, 3.8) is 0 Å². The number of rotatable bonds is 10. The quantitative estimate of drug-likeness (QED) is 0.265. The average Bonchev–Trinajstić information content (AvgIpc) is 3.31. The van der Waals surface area contributed by atoms with Crippen molar-refractivity contribution in [3.05, 3.63) is 65.0 Å². The molecule has 1 aromatic heterocycles. The minimum absolute atomic E-state index is 0.0213. The Morgan fingerprint density at radius 1 is 0.977 bits per heavy atom. The highest BCUT2D eigenvalue weighted by atomic mass is 28.4. The monoisotopic (exact) mass is 602 g/mol. The number of likely N-dealkylation sites (tertiary alicyclic amines) is 1. The second-order valence-electron chi connectivity index (χ2n) is 14.2. The molecule has 1 atom stereocenters. The van der Waals surface area contributed by atoms with Crippen LogP contribution in [0.4, 0.5) is 4.79 Å². The van der Waals surface area contributed by atoms with E-state index in [0.717, 1.165) is 64.2 Å². The minimum atomic E-state index is -2.03. The zero-order valence-electron chi connectivity index (χ0n) is 26.9. The second kappa shape index (κ2) is 13.5. The summed E-state index contributed by atoms with van der Waals surface area (Å²) in [6, 6.07) is 15.4. The van der Waals surface area contributed by atoms with Crippen molar-refractivity contribution in [1.29, 1.82) is 5.26 Å². The molecule has 43 heavy (non-hydrogen) atoms. The van der Waals surface area contributed by atoms with E-state index in [0.29, 0.717) is 32.1 Å². The van der Waals surface area contributed by atoms with Crippen LogP contribution in [0.3, 0.4) is 0 Å². The topological polar surface area (TPSA) is 75.9 Å². The maximum Gasteiger partial charge on any atom is 0.320 e. The summed E-state index contributed by atoms with van der Waals surface area (Å²) in [6.07, 6.45) is 5.16. The molecule has 0 aliphatic carbocycles. The molecular weight excluding hydrogens is 553 g/mol. The predicted octanol–water partition coefficient (Wildman–Crippen LogP) is 5.47. The van der Waals surface area contributed by atoms with E-state index in [1.807, 2.05) is 16.0 Å². The van der Waals surface area contributed by atoms with E-state index in [4.69, 9.17) is 14.7 Å². The summed E-state index contributed by atoms with van der Waals surface area (Å²) in [6.45, 7) is 19.3. The number of fused-ring (bicyclic) bond motifs is 1. The molecule has 3 aliphatic heterocycles. The average molecular weight is 603 g/mol. The number of carbonyl (C=O) groups is 1. The molecule has 232 valence electrons. The van der Waals surface area contributed by atoms with Crippen molar-refractivity contribution in [2.24, 2.45) is 0 Å². The largest absolute Gasteiger partial charge is 0.411 e. The van der Waals surface area contributed by atoms with Gasteiger partial charge in [-0.3, -0.25) is 14.8 Å². The molecule has 1 unspecified atom stereocenters. The number of hydrogen-bond acceptors (Lipinski definition) is 6. The van der Waals surface area contributed by atoms with Gasteiger partial charge in [0.1, 0.15) is 0 Å². The van der Waals surface area contributed by atoms with Gasteiger partial charge in [-0.1, -0.05) is 51.1 Å². The molecule has 2 saturated heterocycles. The van der Waals surface area contributed by atoms with Crippen molar-refractivity contribution in [2.45, 2.75) is 83.3 Å². The van der Waals surface area contributed by atoms with Crippen molar-refractivity contribution in [3.8, 4) is 6.07 Å². The van der Waals surface area contributed by atoms with Crippen LogP contribution in [0.25, 0.3) is 0 Å². The van der Waals surface area contributed by atoms with E-state index in [2.05, 4.69) is 86.1 Å². The van der Waals surface area contributed by atoms with Gasteiger partial charge in [-0.05, 0) is 79.2 Å². The normalized spacial score (nSPS) is 19.9. The summed E-state index contributed by atoms with van der Waals surface area (Å²) in [5.41, 5.74) is 5.06. The van der Waals surface area contributed by atoms with Gasteiger partial charge in [0.15, 0.2) is 8.32 Å². The number of nitrogens with zero attached hydrogens (tertiary/aromatic N) is 6. The minimum Gasteiger partial charge on any atom is -0.411 e. The molecule has 0 spiro atoms. The van der Waals surface area contributed by atoms with Crippen LogP contribution in [0.5, 0.6) is 0 Å². The number of urea groups is 1. The van der Waals surface area contributed by atoms with Crippen molar-refractivity contribution in [2.75, 3.05) is 52.4 Å². The number of carbonyl (C=O) groups excluding carboxylic acids is 1. The number of aromatic nitrogens is 1. The molecule has 0 N–H and O–H groups in total. The Labute approximate surface area is 259 Å². The summed E-state index contributed by atoms with van der Waals surface area (Å²) in [4.78, 5) is 27.0. The molecule has 0 bridgehead atoms. The highest BCUT2D eigenvalue weighted by molar-refractivity contribution is 6.74. The van der Waals surface area contributed by atoms with Gasteiger partial charge in [-0.15, -0.1) is 0 Å². The third-order valence-corrected chi connectivity index (χ3v) is 14.6. The first-order valence-electron chi connectivity index (χ1n) is 16.1. The molecule has 8 nitrogen and oxygen atoms in total. The van der Waals surface area contributed by atoms with Gasteiger partial charge in [0, 0.05) is 45.5 Å². The van der Waals surface area contributed by atoms with Crippen molar-refractivity contribution < 1.29 is 9.22 Å². The summed E-state index contributed by atoms with van der Waals surface area (Å²) in [7, 11) is -2.03. The maximum absolute atomic E-state index is 13.6. The first-order valence-corrected chi connectivity index (χ1v) is 19.0. The van der Waals surface area contributed by atoms with Crippen LogP contribution in [0.15, 0.2) is 42.6 Å². The third-order valence-electron chi connectivity index (χ3n) is 10.1. The molecule has 2 fully saturated rings. The third kappa shape index (κ3) is 7.85. The summed E-state index contributed by atoms with van der Waals surface area (Å²) >= 11 is 0. The van der Waals surface area contributed by atoms with E-state index < -0.39 is 8.32 Å². The number of piperidine rings is 1. The highest BCUT2D eigenvalue weighted by Crippen LogP contribution is 2.38. The summed E-state index contributed by atoms with van der Waals surface area (Å²) in [5, 5.41) is 9.06. The number of pyridine rings is 1. The molecule has 4 heterocycles. The predicted molar refractivity (Wildman–Crippen MR) is 173 cm³/mol. The molecule has 0 saturated carbocycles. The molecule has 3 aliphatic rings. The van der Waals surface area contributed by atoms with Crippen molar-refractivity contribution in [1.82, 2.24) is 24.6 Å². The van der Waals surface area contributed by atoms with Gasteiger partial charge in [0.05, 0.1) is 31.0 Å². The number of nitriles is 1. The fraction of sp³-hybridized carbons (Fsp3) is 0.618. The van der Waals surface area contributed by atoms with Crippen LogP contribution in [-0.4, -0.2) is 97.4 Å². The van der Waals surface area contributed by atoms with E-state index >= 15 is 0 Å². The van der Waals surface area contributed by atoms with Gasteiger partial charge in [0.25, 0.3) is 0 Å². The lowest BCUT2D eigenvalue weighted by Gasteiger charge is -2.42. The fourth-order valence-corrected chi connectivity index (χ4v) is 7.75. The van der Waals surface area contributed by atoms with Gasteiger partial charge < -0.3 is 14.2 Å². The van der Waals surface area contributed by atoms with Crippen LogP contribution in [0.2, 0.25) is 18.1 Å². The Morgan fingerprint density at radius 2 is 1.70 bits per heavy atom. The Balaban J connectivity index is 1.19. The SMILES string of the molecule is CC(C)(C)[Si](C)(C)OC(CN1CCc2ccccc2C1)CN1CCN(Cc2ccc(C3CCN(CC#N)CC3)cn2)C1=O. The first-order chi connectivity index (χ1) is 20.5. The van der Waals surface area contributed by atoms with E-state index in [9.17, 15) is 4.79 Å². The molecule has 5 rings (SSSR count). The van der Waals surface area contributed by atoms with Crippen LogP contribution in [0, 0.1) is 11.3 Å². The maximum atomic E-state index is 13.6. The standard InChI is InChI=1S/C34H50N6O2Si/c1-34(2,3)43(4,5)42-32(25-38-18-14-27-8-6-7-9-30(27)23-38)26-40-21-20-39(33(40)41)24-31-11-10-29(22-36-31)28-12-16-37(17-13-28)19-15-35/h6-11,22,28,32H,12-14,16-21,23-26H2,1-5H3. The lowest BCUT2D eigenvalue weighted by Crippen LogP contribution is -2.51. The summed E-state index contributed by atoms with van der Waals surface area (Å²) in [5.74, 6) is 0.492. The van der Waals surface area contributed by atoms with E-state index in [-0.39, 0.29) is 17.2 Å². The lowest BCUT2D eigenvalue weighted by atomic mass is 9.90. The number of amides is 2. The van der Waals surface area contributed by atoms with Crippen LogP contribution < -0.4 is 0 Å². The van der Waals surface area contributed by atoms with Gasteiger partial charge in [-0.25, -0.2) is 4.79 Å². The zero-order valence-corrected chi connectivity index (χ0v) is 27.9. The van der Waals surface area contributed by atoms with Gasteiger partial charge >= 0.3 is 6.03 Å². The molecule has 1 aromatic carbocycles. The Kier molecular flexibility index (Phi) is 9.92. The highest BCUT2D eigenvalue weighted by Gasteiger charge is 2.41. The molecule has 9 heteroatoms. The Bertz CT molecular complexity index is 1280. The Morgan fingerprint density at radius 3 is 2.37 bits per heavy atom. The second-order valence-corrected chi connectivity index (χ2v) is 19.0. The van der Waals surface area contributed by atoms with Crippen LogP contribution in [0.1, 0.15) is 61.9 Å². The van der Waals surface area contributed by atoms with Gasteiger partial charge in [-0.2, -0.15) is 5.26 Å².